The number of aromatic nitrogens is 1. The number of benzene rings is 1. The lowest BCUT2D eigenvalue weighted by molar-refractivity contribution is -0.136. The third-order valence-electron chi connectivity index (χ3n) is 4.30. The highest BCUT2D eigenvalue weighted by Gasteiger charge is 2.23. The van der Waals surface area contributed by atoms with E-state index < -0.39 is 5.97 Å². The number of carbonyl (C=O) groups is 2. The van der Waals surface area contributed by atoms with Crippen molar-refractivity contribution in [2.45, 2.75) is 32.7 Å². The second-order valence-corrected chi connectivity index (χ2v) is 6.01. The predicted octanol–water partition coefficient (Wildman–Crippen LogP) is 3.58. The van der Waals surface area contributed by atoms with Crippen molar-refractivity contribution in [3.8, 4) is 0 Å². The molecule has 6 heteroatoms. The van der Waals surface area contributed by atoms with E-state index in [0.29, 0.717) is 17.5 Å². The lowest BCUT2D eigenvalue weighted by atomic mass is 10.0. The van der Waals surface area contributed by atoms with Crippen LogP contribution in [0.25, 0.3) is 10.9 Å². The maximum absolute atomic E-state index is 12.8. The molecule has 0 aliphatic heterocycles. The second kappa shape index (κ2) is 6.84. The Morgan fingerprint density at radius 2 is 2.12 bits per heavy atom. The molecule has 25 heavy (non-hydrogen) atoms. The monoisotopic (exact) mass is 340 g/mol. The Hall–Kier alpha value is -3.02. The van der Waals surface area contributed by atoms with Crippen LogP contribution in [0.1, 0.15) is 46.6 Å². The minimum Gasteiger partial charge on any atom is -0.481 e. The highest BCUT2D eigenvalue weighted by atomic mass is 16.4. The summed E-state index contributed by atoms with van der Waals surface area (Å²) in [5.74, 6) is -1.18. The number of H-pyrrole nitrogens is 1. The summed E-state index contributed by atoms with van der Waals surface area (Å²) in [6.07, 6.45) is 3.67. The number of furan rings is 1. The number of carboxylic acid groups (broad SMARTS) is 1. The molecule has 6 nitrogen and oxygen atoms in total. The molecule has 0 spiro atoms. The Morgan fingerprint density at radius 1 is 1.32 bits per heavy atom. The van der Waals surface area contributed by atoms with E-state index in [1.54, 1.807) is 6.92 Å². The minimum atomic E-state index is -1.04. The summed E-state index contributed by atoms with van der Waals surface area (Å²) in [7, 11) is 0. The fourth-order valence-electron chi connectivity index (χ4n) is 3.10. The molecule has 0 fully saturated rings. The SMILES string of the molecule is CCC(NC(=O)c1c(C)coc1CC(=O)O)c1cccc2cc[nH]c12. The molecule has 3 N–H and O–H groups in total. The van der Waals surface area contributed by atoms with Crippen LogP contribution in [0.4, 0.5) is 0 Å². The Labute approximate surface area is 144 Å². The van der Waals surface area contributed by atoms with Gasteiger partial charge in [-0.25, -0.2) is 0 Å². The molecular weight excluding hydrogens is 320 g/mol. The van der Waals surface area contributed by atoms with Gasteiger partial charge in [0.25, 0.3) is 5.91 Å². The number of nitrogens with one attached hydrogen (secondary N) is 2. The summed E-state index contributed by atoms with van der Waals surface area (Å²) in [5, 5.41) is 13.1. The van der Waals surface area contributed by atoms with Crippen molar-refractivity contribution in [3.05, 3.63) is 59.2 Å². The van der Waals surface area contributed by atoms with E-state index in [-0.39, 0.29) is 24.1 Å². The molecule has 1 aromatic carbocycles. The van der Waals surface area contributed by atoms with Crippen molar-refractivity contribution in [2.75, 3.05) is 0 Å². The first-order valence-corrected chi connectivity index (χ1v) is 8.16. The molecule has 1 atom stereocenters. The molecule has 0 bridgehead atoms. The molecule has 130 valence electrons. The van der Waals surface area contributed by atoms with E-state index in [4.69, 9.17) is 9.52 Å². The van der Waals surface area contributed by atoms with Gasteiger partial charge in [-0.3, -0.25) is 9.59 Å². The van der Waals surface area contributed by atoms with Crippen LogP contribution in [0.5, 0.6) is 0 Å². The van der Waals surface area contributed by atoms with Gasteiger partial charge in [0.2, 0.25) is 0 Å². The first kappa shape index (κ1) is 16.8. The van der Waals surface area contributed by atoms with Crippen molar-refractivity contribution in [1.29, 1.82) is 0 Å². The van der Waals surface area contributed by atoms with Gasteiger partial charge in [-0.05, 0) is 30.4 Å². The van der Waals surface area contributed by atoms with Gasteiger partial charge in [0, 0.05) is 11.8 Å². The molecule has 0 aliphatic rings. The average Bonchev–Trinajstić information content (AvgIpc) is 3.18. The van der Waals surface area contributed by atoms with Gasteiger partial charge >= 0.3 is 5.97 Å². The quantitative estimate of drug-likeness (QED) is 0.639. The lowest BCUT2D eigenvalue weighted by Crippen LogP contribution is -2.29. The van der Waals surface area contributed by atoms with E-state index in [1.807, 2.05) is 37.4 Å². The molecule has 0 aliphatic carbocycles. The van der Waals surface area contributed by atoms with Gasteiger partial charge in [-0.15, -0.1) is 0 Å². The zero-order chi connectivity index (χ0) is 18.0. The number of rotatable bonds is 6. The van der Waals surface area contributed by atoms with Crippen molar-refractivity contribution >= 4 is 22.8 Å². The van der Waals surface area contributed by atoms with Crippen molar-refractivity contribution in [1.82, 2.24) is 10.3 Å². The molecule has 1 unspecified atom stereocenters. The van der Waals surface area contributed by atoms with Gasteiger partial charge < -0.3 is 19.8 Å². The number of fused-ring (bicyclic) bond motifs is 1. The van der Waals surface area contributed by atoms with Crippen LogP contribution in [-0.2, 0) is 11.2 Å². The fourth-order valence-corrected chi connectivity index (χ4v) is 3.10. The molecular formula is C19H20N2O4. The van der Waals surface area contributed by atoms with Crippen molar-refractivity contribution in [2.24, 2.45) is 0 Å². The molecule has 2 heterocycles. The first-order valence-electron chi connectivity index (χ1n) is 8.16. The molecule has 0 radical (unpaired) electrons. The topological polar surface area (TPSA) is 95.3 Å². The molecule has 1 amide bonds. The highest BCUT2D eigenvalue weighted by Crippen LogP contribution is 2.26. The van der Waals surface area contributed by atoms with E-state index in [9.17, 15) is 9.59 Å². The number of amides is 1. The van der Waals surface area contributed by atoms with E-state index in [1.165, 1.54) is 6.26 Å². The third-order valence-corrected chi connectivity index (χ3v) is 4.30. The largest absolute Gasteiger partial charge is 0.481 e. The first-order chi connectivity index (χ1) is 12.0. The summed E-state index contributed by atoms with van der Waals surface area (Å²) >= 11 is 0. The summed E-state index contributed by atoms with van der Waals surface area (Å²) in [4.78, 5) is 27.0. The van der Waals surface area contributed by atoms with E-state index in [0.717, 1.165) is 16.5 Å². The van der Waals surface area contributed by atoms with Crippen molar-refractivity contribution < 1.29 is 19.1 Å². The Bertz CT molecular complexity index is 923. The van der Waals surface area contributed by atoms with Crippen LogP contribution in [0.3, 0.4) is 0 Å². The van der Waals surface area contributed by atoms with Gasteiger partial charge in [-0.2, -0.15) is 0 Å². The van der Waals surface area contributed by atoms with Crippen LogP contribution in [0, 0.1) is 6.92 Å². The molecule has 0 saturated heterocycles. The fraction of sp³-hybridized carbons (Fsp3) is 0.263. The zero-order valence-corrected chi connectivity index (χ0v) is 14.1. The number of carboxylic acids is 1. The molecule has 3 rings (SSSR count). The number of carbonyl (C=O) groups excluding carboxylic acids is 1. The lowest BCUT2D eigenvalue weighted by Gasteiger charge is -2.18. The Kier molecular flexibility index (Phi) is 4.61. The zero-order valence-electron chi connectivity index (χ0n) is 14.1. The summed E-state index contributed by atoms with van der Waals surface area (Å²) < 4.78 is 5.26. The van der Waals surface area contributed by atoms with Gasteiger partial charge in [-0.1, -0.05) is 25.1 Å². The maximum atomic E-state index is 12.8. The summed E-state index contributed by atoms with van der Waals surface area (Å²) in [5.41, 5.74) is 2.92. The van der Waals surface area contributed by atoms with Crippen LogP contribution >= 0.6 is 0 Å². The normalized spacial score (nSPS) is 12.2. The molecule has 0 saturated carbocycles. The number of hydrogen-bond acceptors (Lipinski definition) is 3. The molecule has 3 aromatic rings. The van der Waals surface area contributed by atoms with Gasteiger partial charge in [0.1, 0.15) is 12.2 Å². The number of hydrogen-bond donors (Lipinski definition) is 3. The average molecular weight is 340 g/mol. The molecule has 2 aromatic heterocycles. The van der Waals surface area contributed by atoms with Crippen LogP contribution in [0.15, 0.2) is 41.1 Å². The van der Waals surface area contributed by atoms with E-state index in [2.05, 4.69) is 10.3 Å². The predicted molar refractivity (Wildman–Crippen MR) is 93.6 cm³/mol. The number of aryl methyl sites for hydroxylation is 1. The van der Waals surface area contributed by atoms with Gasteiger partial charge in [0.05, 0.1) is 23.4 Å². The Morgan fingerprint density at radius 3 is 2.84 bits per heavy atom. The van der Waals surface area contributed by atoms with Crippen LogP contribution in [-0.4, -0.2) is 22.0 Å². The summed E-state index contributed by atoms with van der Waals surface area (Å²) in [6.45, 7) is 3.73. The number of para-hydroxylation sites is 1. The maximum Gasteiger partial charge on any atom is 0.311 e. The third kappa shape index (κ3) is 3.28. The minimum absolute atomic E-state index is 0.176. The second-order valence-electron chi connectivity index (χ2n) is 6.01. The smallest absolute Gasteiger partial charge is 0.311 e. The van der Waals surface area contributed by atoms with Crippen LogP contribution < -0.4 is 5.32 Å². The number of aliphatic carboxylic acids is 1. The number of aromatic amines is 1. The standard InChI is InChI=1S/C19H20N2O4/c1-3-14(13-6-4-5-12-7-8-20-18(12)13)21-19(24)17-11(2)10-25-15(17)9-16(22)23/h4-8,10,14,20H,3,9H2,1-2H3,(H,21,24)(H,22,23). The highest BCUT2D eigenvalue weighted by molar-refractivity contribution is 5.98. The summed E-state index contributed by atoms with van der Waals surface area (Å²) in [6, 6.07) is 7.74. The van der Waals surface area contributed by atoms with Crippen LogP contribution in [0.2, 0.25) is 0 Å². The van der Waals surface area contributed by atoms with Gasteiger partial charge in [0.15, 0.2) is 0 Å². The van der Waals surface area contributed by atoms with Crippen molar-refractivity contribution in [3.63, 3.8) is 0 Å². The van der Waals surface area contributed by atoms with E-state index >= 15 is 0 Å². The Balaban J connectivity index is 1.90.